The van der Waals surface area contributed by atoms with Gasteiger partial charge in [-0.15, -0.1) is 0 Å². The summed E-state index contributed by atoms with van der Waals surface area (Å²) in [6.45, 7) is 3.05. The van der Waals surface area contributed by atoms with Crippen LogP contribution in [0.1, 0.15) is 13.8 Å². The average Bonchev–Trinajstić information content (AvgIpc) is 2.57. The lowest BCUT2D eigenvalue weighted by Gasteiger charge is -2.18. The molecule has 0 aliphatic carbocycles. The zero-order valence-electron chi connectivity index (χ0n) is 14.5. The van der Waals surface area contributed by atoms with Gasteiger partial charge in [-0.25, -0.2) is 4.39 Å². The zero-order valence-corrected chi connectivity index (χ0v) is 15.3. The molecule has 26 heavy (non-hydrogen) atoms. The highest BCUT2D eigenvalue weighted by Crippen LogP contribution is 2.29. The number of carbonyl (C=O) groups excluding carboxylic acids is 2. The number of hydrogen-bond donors (Lipinski definition) is 3. The van der Waals surface area contributed by atoms with Gasteiger partial charge in [0.25, 0.3) is 0 Å². The predicted molar refractivity (Wildman–Crippen MR) is 100 cm³/mol. The highest BCUT2D eigenvalue weighted by atomic mass is 35.5. The normalized spacial score (nSPS) is 11.4. The number of hydrogen-bond acceptors (Lipinski definition) is 4. The first-order valence-corrected chi connectivity index (χ1v) is 8.16. The molecule has 0 aliphatic heterocycles. The third-order valence-electron chi connectivity index (χ3n) is 3.47. The van der Waals surface area contributed by atoms with E-state index in [1.807, 2.05) is 0 Å². The van der Waals surface area contributed by atoms with Crippen molar-refractivity contribution >= 4 is 40.5 Å². The van der Waals surface area contributed by atoms with Gasteiger partial charge >= 0.3 is 0 Å². The molecule has 2 aromatic carbocycles. The highest BCUT2D eigenvalue weighted by Gasteiger charge is 2.17. The molecule has 0 aliphatic rings. The van der Waals surface area contributed by atoms with Crippen LogP contribution in [0, 0.1) is 5.82 Å². The summed E-state index contributed by atoms with van der Waals surface area (Å²) in [7, 11) is 1.50. The van der Waals surface area contributed by atoms with Crippen molar-refractivity contribution in [2.75, 3.05) is 23.1 Å². The smallest absolute Gasteiger partial charge is 0.246 e. The molecule has 0 bridgehead atoms. The van der Waals surface area contributed by atoms with Gasteiger partial charge in [-0.3, -0.25) is 9.59 Å². The number of halogens is 2. The van der Waals surface area contributed by atoms with E-state index < -0.39 is 11.9 Å². The number of anilines is 3. The maximum absolute atomic E-state index is 13.1. The van der Waals surface area contributed by atoms with E-state index in [0.717, 1.165) is 6.07 Å². The minimum Gasteiger partial charge on any atom is -0.495 e. The lowest BCUT2D eigenvalue weighted by molar-refractivity contribution is -0.116. The molecule has 8 heteroatoms. The Balaban J connectivity index is 2.13. The molecule has 0 radical (unpaired) electrons. The summed E-state index contributed by atoms with van der Waals surface area (Å²) < 4.78 is 18.4. The summed E-state index contributed by atoms with van der Waals surface area (Å²) in [5.74, 6) is -0.555. The second kappa shape index (κ2) is 8.53. The lowest BCUT2D eigenvalue weighted by atomic mass is 10.2. The van der Waals surface area contributed by atoms with Crippen molar-refractivity contribution < 1.29 is 18.7 Å². The fourth-order valence-electron chi connectivity index (χ4n) is 2.23. The van der Waals surface area contributed by atoms with E-state index in [-0.39, 0.29) is 16.8 Å². The van der Waals surface area contributed by atoms with Crippen molar-refractivity contribution in [2.45, 2.75) is 19.9 Å². The molecule has 0 saturated carbocycles. The molecular weight excluding hydrogens is 361 g/mol. The molecular formula is C18H19ClFN3O3. The van der Waals surface area contributed by atoms with E-state index in [1.165, 1.54) is 26.2 Å². The van der Waals surface area contributed by atoms with E-state index in [4.69, 9.17) is 16.3 Å². The van der Waals surface area contributed by atoms with Crippen molar-refractivity contribution in [3.8, 4) is 5.75 Å². The lowest BCUT2D eigenvalue weighted by Crippen LogP contribution is -2.32. The van der Waals surface area contributed by atoms with Gasteiger partial charge in [-0.2, -0.15) is 0 Å². The Kier molecular flexibility index (Phi) is 6.41. The standard InChI is InChI=1S/C18H19ClFN3O3/c1-10(18(25)23-15-6-4-12(20)8-14(15)19)21-16-9-13(22-11(2)24)5-7-17(16)26-3/h4-10,21H,1-3H3,(H,22,24)(H,23,25)/t10-/m1/s1. The quantitative estimate of drug-likeness (QED) is 0.711. The van der Waals surface area contributed by atoms with Crippen molar-refractivity contribution in [3.05, 3.63) is 47.2 Å². The molecule has 2 aromatic rings. The van der Waals surface area contributed by atoms with Crippen LogP contribution < -0.4 is 20.7 Å². The molecule has 138 valence electrons. The molecule has 0 spiro atoms. The van der Waals surface area contributed by atoms with Gasteiger partial charge in [-0.1, -0.05) is 11.6 Å². The average molecular weight is 380 g/mol. The Morgan fingerprint density at radius 1 is 1.12 bits per heavy atom. The number of rotatable bonds is 6. The SMILES string of the molecule is COc1ccc(NC(C)=O)cc1N[C@H](C)C(=O)Nc1ccc(F)cc1Cl. The van der Waals surface area contributed by atoms with Crippen LogP contribution in [0.15, 0.2) is 36.4 Å². The van der Waals surface area contributed by atoms with Crippen molar-refractivity contribution in [2.24, 2.45) is 0 Å². The van der Waals surface area contributed by atoms with Crippen LogP contribution in [0.2, 0.25) is 5.02 Å². The van der Waals surface area contributed by atoms with Crippen LogP contribution in [0.5, 0.6) is 5.75 Å². The van der Waals surface area contributed by atoms with Gasteiger partial charge in [0.15, 0.2) is 0 Å². The predicted octanol–water partition coefficient (Wildman–Crippen LogP) is 3.89. The van der Waals surface area contributed by atoms with E-state index in [9.17, 15) is 14.0 Å². The van der Waals surface area contributed by atoms with Gasteiger partial charge in [-0.05, 0) is 43.3 Å². The van der Waals surface area contributed by atoms with E-state index in [1.54, 1.807) is 25.1 Å². The van der Waals surface area contributed by atoms with Crippen LogP contribution in [-0.4, -0.2) is 25.0 Å². The number of amides is 2. The topological polar surface area (TPSA) is 79.5 Å². The van der Waals surface area contributed by atoms with E-state index in [0.29, 0.717) is 22.8 Å². The summed E-state index contributed by atoms with van der Waals surface area (Å²) in [5.41, 5.74) is 1.41. The van der Waals surface area contributed by atoms with E-state index >= 15 is 0 Å². The number of carbonyl (C=O) groups is 2. The summed E-state index contributed by atoms with van der Waals surface area (Å²) in [5, 5.41) is 8.42. The van der Waals surface area contributed by atoms with Gasteiger partial charge < -0.3 is 20.7 Å². The number of nitrogens with one attached hydrogen (secondary N) is 3. The first kappa shape index (κ1) is 19.5. The Bertz CT molecular complexity index is 829. The largest absolute Gasteiger partial charge is 0.495 e. The van der Waals surface area contributed by atoms with Crippen molar-refractivity contribution in [1.29, 1.82) is 0 Å². The molecule has 0 saturated heterocycles. The first-order valence-electron chi connectivity index (χ1n) is 7.78. The molecule has 1 atom stereocenters. The third kappa shape index (κ3) is 5.10. The van der Waals surface area contributed by atoms with Gasteiger partial charge in [0.2, 0.25) is 11.8 Å². The number of methoxy groups -OCH3 is 1. The van der Waals surface area contributed by atoms with Crippen molar-refractivity contribution in [3.63, 3.8) is 0 Å². The molecule has 0 unspecified atom stereocenters. The van der Waals surface area contributed by atoms with Gasteiger partial charge in [0.05, 0.1) is 23.5 Å². The monoisotopic (exact) mass is 379 g/mol. The van der Waals surface area contributed by atoms with Crippen LogP contribution in [0.3, 0.4) is 0 Å². The van der Waals surface area contributed by atoms with Crippen LogP contribution >= 0.6 is 11.6 Å². The molecule has 0 aromatic heterocycles. The zero-order chi connectivity index (χ0) is 19.3. The number of benzene rings is 2. The maximum atomic E-state index is 13.1. The van der Waals surface area contributed by atoms with Gasteiger partial charge in [0, 0.05) is 12.6 Å². The van der Waals surface area contributed by atoms with Crippen LogP contribution in [0.25, 0.3) is 0 Å². The summed E-state index contributed by atoms with van der Waals surface area (Å²) >= 11 is 5.92. The highest BCUT2D eigenvalue weighted by molar-refractivity contribution is 6.33. The number of ether oxygens (including phenoxy) is 1. The molecule has 6 nitrogen and oxygen atoms in total. The first-order chi connectivity index (χ1) is 12.3. The van der Waals surface area contributed by atoms with E-state index in [2.05, 4.69) is 16.0 Å². The Morgan fingerprint density at radius 2 is 1.85 bits per heavy atom. The fraction of sp³-hybridized carbons (Fsp3) is 0.222. The van der Waals surface area contributed by atoms with Crippen LogP contribution in [-0.2, 0) is 9.59 Å². The molecule has 2 rings (SSSR count). The minimum atomic E-state index is -0.655. The molecule has 3 N–H and O–H groups in total. The Hall–Kier alpha value is -2.80. The maximum Gasteiger partial charge on any atom is 0.246 e. The molecule has 0 heterocycles. The van der Waals surface area contributed by atoms with Crippen LogP contribution in [0.4, 0.5) is 21.5 Å². The second-order valence-electron chi connectivity index (χ2n) is 5.58. The summed E-state index contributed by atoms with van der Waals surface area (Å²) in [4.78, 5) is 23.6. The third-order valence-corrected chi connectivity index (χ3v) is 3.79. The molecule has 0 fully saturated rings. The van der Waals surface area contributed by atoms with Crippen molar-refractivity contribution in [1.82, 2.24) is 0 Å². The Labute approximate surface area is 155 Å². The Morgan fingerprint density at radius 3 is 2.46 bits per heavy atom. The second-order valence-corrected chi connectivity index (χ2v) is 5.98. The summed E-state index contributed by atoms with van der Waals surface area (Å²) in [6, 6.07) is 8.09. The summed E-state index contributed by atoms with van der Waals surface area (Å²) in [6.07, 6.45) is 0. The fourth-order valence-corrected chi connectivity index (χ4v) is 2.45. The van der Waals surface area contributed by atoms with Gasteiger partial charge in [0.1, 0.15) is 17.6 Å². The molecule has 2 amide bonds. The minimum absolute atomic E-state index is 0.107.